The van der Waals surface area contributed by atoms with Crippen LogP contribution < -0.4 is 14.2 Å². The molecule has 5 nitrogen and oxygen atoms in total. The second-order valence-corrected chi connectivity index (χ2v) is 8.38. The van der Waals surface area contributed by atoms with Crippen molar-refractivity contribution in [2.45, 2.75) is 4.90 Å². The number of ether oxygens (including phenoxy) is 2. The Morgan fingerprint density at radius 2 is 1.50 bits per heavy atom. The van der Waals surface area contributed by atoms with E-state index in [1.807, 2.05) is 42.5 Å². The first-order chi connectivity index (χ1) is 14.5. The molecule has 4 aromatic carbocycles. The Bertz CT molecular complexity index is 1300. The van der Waals surface area contributed by atoms with Crippen LogP contribution in [0.5, 0.6) is 11.5 Å². The van der Waals surface area contributed by atoms with Gasteiger partial charge in [0.05, 0.1) is 24.8 Å². The summed E-state index contributed by atoms with van der Waals surface area (Å²) in [5.41, 5.74) is 1.92. The molecule has 0 bridgehead atoms. The first kappa shape index (κ1) is 19.8. The van der Waals surface area contributed by atoms with Gasteiger partial charge in [0.25, 0.3) is 10.0 Å². The molecule has 152 valence electrons. The molecule has 1 N–H and O–H groups in total. The summed E-state index contributed by atoms with van der Waals surface area (Å²) in [6, 6.07) is 25.4. The average molecular weight is 420 g/mol. The normalized spacial score (nSPS) is 11.3. The van der Waals surface area contributed by atoms with E-state index in [1.165, 1.54) is 0 Å². The summed E-state index contributed by atoms with van der Waals surface area (Å²) in [6.07, 6.45) is 0. The number of hydrogen-bond acceptors (Lipinski definition) is 4. The van der Waals surface area contributed by atoms with Crippen molar-refractivity contribution in [1.82, 2.24) is 0 Å². The van der Waals surface area contributed by atoms with Gasteiger partial charge < -0.3 is 9.47 Å². The van der Waals surface area contributed by atoms with Crippen molar-refractivity contribution in [2.24, 2.45) is 0 Å². The van der Waals surface area contributed by atoms with Crippen molar-refractivity contribution in [3.63, 3.8) is 0 Å². The van der Waals surface area contributed by atoms with Gasteiger partial charge in [-0.15, -0.1) is 0 Å². The molecule has 0 radical (unpaired) electrons. The monoisotopic (exact) mass is 419 g/mol. The van der Waals surface area contributed by atoms with Gasteiger partial charge in [-0.3, -0.25) is 4.72 Å². The molecule has 0 aliphatic heterocycles. The highest BCUT2D eigenvalue weighted by molar-refractivity contribution is 7.92. The van der Waals surface area contributed by atoms with Crippen LogP contribution in [0.4, 0.5) is 5.69 Å². The minimum atomic E-state index is -3.79. The highest BCUT2D eigenvalue weighted by Gasteiger charge is 2.20. The molecule has 30 heavy (non-hydrogen) atoms. The van der Waals surface area contributed by atoms with Crippen molar-refractivity contribution in [3.8, 4) is 22.6 Å². The smallest absolute Gasteiger partial charge is 0.261 e. The van der Waals surface area contributed by atoms with Gasteiger partial charge in [0, 0.05) is 17.2 Å². The summed E-state index contributed by atoms with van der Waals surface area (Å²) >= 11 is 0. The van der Waals surface area contributed by atoms with Crippen LogP contribution in [0.3, 0.4) is 0 Å². The molecule has 0 heterocycles. The summed E-state index contributed by atoms with van der Waals surface area (Å²) in [5, 5.41) is 1.99. The van der Waals surface area contributed by atoms with E-state index in [0.717, 1.165) is 16.3 Å². The van der Waals surface area contributed by atoms with Crippen LogP contribution in [-0.4, -0.2) is 22.6 Å². The zero-order valence-corrected chi connectivity index (χ0v) is 17.4. The SMILES string of the molecule is COc1ccc(-c2c(OC)ccc3ccccc23)c(NS(=O)(=O)c2ccccc2)c1. The molecule has 0 fully saturated rings. The highest BCUT2D eigenvalue weighted by atomic mass is 32.2. The van der Waals surface area contributed by atoms with Crippen molar-refractivity contribution >= 4 is 26.5 Å². The Labute approximate surface area is 175 Å². The van der Waals surface area contributed by atoms with Gasteiger partial charge in [-0.1, -0.05) is 48.5 Å². The lowest BCUT2D eigenvalue weighted by Crippen LogP contribution is -2.13. The minimum Gasteiger partial charge on any atom is -0.497 e. The third kappa shape index (κ3) is 3.69. The second kappa shape index (κ2) is 8.08. The van der Waals surface area contributed by atoms with Crippen LogP contribution in [0.15, 0.2) is 89.8 Å². The van der Waals surface area contributed by atoms with Crippen molar-refractivity contribution in [1.29, 1.82) is 0 Å². The number of hydrogen-bond donors (Lipinski definition) is 1. The predicted molar refractivity (Wildman–Crippen MR) is 120 cm³/mol. The van der Waals surface area contributed by atoms with Crippen LogP contribution in [0, 0.1) is 0 Å². The van der Waals surface area contributed by atoms with Crippen LogP contribution in [0.25, 0.3) is 21.9 Å². The molecule has 4 aromatic rings. The molecular weight excluding hydrogens is 398 g/mol. The average Bonchev–Trinajstić information content (AvgIpc) is 2.78. The summed E-state index contributed by atoms with van der Waals surface area (Å²) in [5.74, 6) is 1.20. The fourth-order valence-corrected chi connectivity index (χ4v) is 4.55. The van der Waals surface area contributed by atoms with Gasteiger partial charge in [-0.25, -0.2) is 8.42 Å². The third-order valence-electron chi connectivity index (χ3n) is 4.90. The highest BCUT2D eigenvalue weighted by Crippen LogP contribution is 2.42. The van der Waals surface area contributed by atoms with E-state index in [0.29, 0.717) is 22.7 Å². The summed E-state index contributed by atoms with van der Waals surface area (Å²) in [6.45, 7) is 0. The molecule has 6 heteroatoms. The van der Waals surface area contributed by atoms with E-state index in [-0.39, 0.29) is 4.90 Å². The van der Waals surface area contributed by atoms with E-state index in [2.05, 4.69) is 4.72 Å². The lowest BCUT2D eigenvalue weighted by Gasteiger charge is -2.18. The first-order valence-corrected chi connectivity index (χ1v) is 10.8. The van der Waals surface area contributed by atoms with Gasteiger partial charge in [-0.05, 0) is 41.1 Å². The van der Waals surface area contributed by atoms with Crippen LogP contribution in [0.2, 0.25) is 0 Å². The van der Waals surface area contributed by atoms with Crippen LogP contribution in [-0.2, 0) is 10.0 Å². The summed E-state index contributed by atoms with van der Waals surface area (Å²) in [7, 11) is -0.641. The zero-order chi connectivity index (χ0) is 21.1. The third-order valence-corrected chi connectivity index (χ3v) is 6.29. The minimum absolute atomic E-state index is 0.184. The number of sulfonamides is 1. The van der Waals surface area contributed by atoms with Gasteiger partial charge in [0.15, 0.2) is 0 Å². The number of benzene rings is 4. The fraction of sp³-hybridized carbons (Fsp3) is 0.0833. The lowest BCUT2D eigenvalue weighted by molar-refractivity contribution is 0.414. The number of anilines is 1. The molecule has 0 saturated carbocycles. The largest absolute Gasteiger partial charge is 0.497 e. The van der Waals surface area contributed by atoms with Crippen LogP contribution >= 0.6 is 0 Å². The van der Waals surface area contributed by atoms with Crippen molar-refractivity contribution in [2.75, 3.05) is 18.9 Å². The van der Waals surface area contributed by atoms with Gasteiger partial charge in [0.2, 0.25) is 0 Å². The standard InChI is InChI=1S/C24H21NO4S/c1-28-18-13-14-21(22(16-18)25-30(26,27)19-9-4-3-5-10-19)24-20-11-7-6-8-17(20)12-15-23(24)29-2/h3-16,25H,1-2H3. The van der Waals surface area contributed by atoms with E-state index in [4.69, 9.17) is 9.47 Å². The predicted octanol–water partition coefficient (Wildman–Crippen LogP) is 5.32. The molecule has 0 spiro atoms. The topological polar surface area (TPSA) is 64.6 Å². The quantitative estimate of drug-likeness (QED) is 0.459. The van der Waals surface area contributed by atoms with Gasteiger partial charge in [-0.2, -0.15) is 0 Å². The van der Waals surface area contributed by atoms with Gasteiger partial charge in [0.1, 0.15) is 11.5 Å². The molecule has 0 aromatic heterocycles. The Kier molecular flexibility index (Phi) is 5.33. The van der Waals surface area contributed by atoms with Crippen molar-refractivity contribution in [3.05, 3.63) is 84.9 Å². The number of rotatable bonds is 6. The number of fused-ring (bicyclic) bond motifs is 1. The van der Waals surface area contributed by atoms with E-state index in [9.17, 15) is 8.42 Å². The summed E-state index contributed by atoms with van der Waals surface area (Å²) in [4.78, 5) is 0.184. The molecule has 0 amide bonds. The summed E-state index contributed by atoms with van der Waals surface area (Å²) < 4.78 is 39.7. The Morgan fingerprint density at radius 1 is 0.767 bits per heavy atom. The second-order valence-electron chi connectivity index (χ2n) is 6.69. The maximum Gasteiger partial charge on any atom is 0.261 e. The van der Waals surface area contributed by atoms with Gasteiger partial charge >= 0.3 is 0 Å². The Morgan fingerprint density at radius 3 is 2.23 bits per heavy atom. The number of methoxy groups -OCH3 is 2. The van der Waals surface area contributed by atoms with Crippen LogP contribution in [0.1, 0.15) is 0 Å². The first-order valence-electron chi connectivity index (χ1n) is 9.35. The van der Waals surface area contributed by atoms with Crippen molar-refractivity contribution < 1.29 is 17.9 Å². The number of nitrogens with one attached hydrogen (secondary N) is 1. The molecule has 4 rings (SSSR count). The van der Waals surface area contributed by atoms with E-state index < -0.39 is 10.0 Å². The van der Waals surface area contributed by atoms with E-state index >= 15 is 0 Å². The molecular formula is C24H21NO4S. The Hall–Kier alpha value is -3.51. The molecule has 0 atom stereocenters. The lowest BCUT2D eigenvalue weighted by atomic mass is 9.96. The molecule has 0 unspecified atom stereocenters. The molecule has 0 saturated heterocycles. The zero-order valence-electron chi connectivity index (χ0n) is 16.6. The maximum absolute atomic E-state index is 13.0. The maximum atomic E-state index is 13.0. The molecule has 0 aliphatic rings. The Balaban J connectivity index is 1.94. The fourth-order valence-electron chi connectivity index (χ4n) is 3.46. The molecule has 0 aliphatic carbocycles. The van der Waals surface area contributed by atoms with E-state index in [1.54, 1.807) is 56.7 Å².